The summed E-state index contributed by atoms with van der Waals surface area (Å²) in [5.41, 5.74) is 12.9. The highest BCUT2D eigenvalue weighted by Crippen LogP contribution is 2.28. The van der Waals surface area contributed by atoms with E-state index in [0.717, 1.165) is 12.8 Å². The molecule has 1 aliphatic carbocycles. The zero-order chi connectivity index (χ0) is 25.7. The second-order valence-corrected chi connectivity index (χ2v) is 10.2. The number of anilines is 3. The lowest BCUT2D eigenvalue weighted by Gasteiger charge is -2.14. The van der Waals surface area contributed by atoms with Crippen LogP contribution in [0.4, 0.5) is 17.5 Å². The second kappa shape index (κ2) is 10.8. The maximum Gasteiger partial charge on any atom is 0.265 e. The number of para-hydroxylation sites is 1. The van der Waals surface area contributed by atoms with Crippen LogP contribution < -0.4 is 21.7 Å². The fourth-order valence-electron chi connectivity index (χ4n) is 3.96. The Balaban J connectivity index is 0.000000375. The third-order valence-electron chi connectivity index (χ3n) is 5.83. The minimum absolute atomic E-state index is 0.0183. The molecule has 2 aromatic carbocycles. The molecule has 11 heteroatoms. The molecule has 1 aliphatic rings. The summed E-state index contributed by atoms with van der Waals surface area (Å²) in [6.07, 6.45) is 7.37. The number of pyridine rings is 1. The Morgan fingerprint density at radius 1 is 0.972 bits per heavy atom. The van der Waals surface area contributed by atoms with Crippen molar-refractivity contribution in [3.05, 3.63) is 71.1 Å². The summed E-state index contributed by atoms with van der Waals surface area (Å²) in [6, 6.07) is 14.8. The molecule has 0 aliphatic heterocycles. The van der Waals surface area contributed by atoms with Crippen LogP contribution in [0, 0.1) is 0 Å². The molecule has 2 aromatic heterocycles. The van der Waals surface area contributed by atoms with Crippen LogP contribution in [-0.4, -0.2) is 34.6 Å². The van der Waals surface area contributed by atoms with Crippen molar-refractivity contribution in [2.75, 3.05) is 16.2 Å². The molecule has 7 N–H and O–H groups in total. The van der Waals surface area contributed by atoms with Gasteiger partial charge in [0.1, 0.15) is 10.7 Å². The summed E-state index contributed by atoms with van der Waals surface area (Å²) in [5, 5.41) is 9.23. The topological polar surface area (TPSA) is 177 Å². The fourth-order valence-corrected chi connectivity index (χ4v) is 5.13. The van der Waals surface area contributed by atoms with Gasteiger partial charge in [-0.3, -0.25) is 14.5 Å². The van der Waals surface area contributed by atoms with Crippen LogP contribution in [0.5, 0.6) is 0 Å². The molecule has 0 bridgehead atoms. The first-order valence-electron chi connectivity index (χ1n) is 11.5. The Hall–Kier alpha value is -3.96. The normalized spacial score (nSPS) is 14.1. The van der Waals surface area contributed by atoms with E-state index in [0.29, 0.717) is 27.7 Å². The molecule has 0 saturated heterocycles. The molecule has 10 nitrogen and oxygen atoms in total. The molecule has 0 atom stereocenters. The Labute approximate surface area is 208 Å². The number of nitrogens with zero attached hydrogens (tertiary/aromatic N) is 2. The molecule has 1 fully saturated rings. The van der Waals surface area contributed by atoms with Gasteiger partial charge in [0.25, 0.3) is 15.6 Å². The number of aliphatic hydroxyl groups is 1. The van der Waals surface area contributed by atoms with Gasteiger partial charge in [-0.1, -0.05) is 43.5 Å². The van der Waals surface area contributed by atoms with Crippen molar-refractivity contribution in [2.45, 2.75) is 43.1 Å². The van der Waals surface area contributed by atoms with Crippen molar-refractivity contribution in [1.29, 1.82) is 0 Å². The number of H-pyrrole nitrogens is 1. The maximum atomic E-state index is 12.8. The van der Waals surface area contributed by atoms with Gasteiger partial charge < -0.3 is 16.6 Å². The van der Waals surface area contributed by atoms with E-state index in [2.05, 4.69) is 19.7 Å². The Morgan fingerprint density at radius 3 is 2.36 bits per heavy atom. The number of sulfonamides is 1. The smallest absolute Gasteiger partial charge is 0.265 e. The molecule has 36 heavy (non-hydrogen) atoms. The van der Waals surface area contributed by atoms with Crippen LogP contribution in [0.15, 0.2) is 70.5 Å². The predicted molar refractivity (Wildman–Crippen MR) is 141 cm³/mol. The van der Waals surface area contributed by atoms with Crippen LogP contribution in [0.2, 0.25) is 0 Å². The predicted octanol–water partition coefficient (Wildman–Crippen LogP) is 3.26. The second-order valence-electron chi connectivity index (χ2n) is 8.55. The van der Waals surface area contributed by atoms with Crippen molar-refractivity contribution in [2.24, 2.45) is 0 Å². The van der Waals surface area contributed by atoms with Gasteiger partial charge in [0, 0.05) is 17.4 Å². The minimum atomic E-state index is -3.97. The molecule has 2 heterocycles. The number of fused-ring (bicyclic) bond motifs is 1. The quantitative estimate of drug-likeness (QED) is 0.279. The van der Waals surface area contributed by atoms with Gasteiger partial charge in [-0.05, 0) is 48.7 Å². The number of nitrogens with one attached hydrogen (secondary N) is 2. The highest BCUT2D eigenvalue weighted by Gasteiger charge is 2.20. The number of benzene rings is 2. The molecule has 0 amide bonds. The van der Waals surface area contributed by atoms with E-state index in [4.69, 9.17) is 16.6 Å². The summed E-state index contributed by atoms with van der Waals surface area (Å²) < 4.78 is 28.1. The summed E-state index contributed by atoms with van der Waals surface area (Å²) in [7, 11) is -3.97. The van der Waals surface area contributed by atoms with Gasteiger partial charge in [-0.15, -0.1) is 0 Å². The van der Waals surface area contributed by atoms with Gasteiger partial charge >= 0.3 is 0 Å². The van der Waals surface area contributed by atoms with Crippen molar-refractivity contribution in [3.63, 3.8) is 0 Å². The molecular weight excluding hydrogens is 480 g/mol. The Kier molecular flexibility index (Phi) is 7.51. The zero-order valence-electron chi connectivity index (χ0n) is 19.5. The third kappa shape index (κ3) is 5.99. The Morgan fingerprint density at radius 2 is 1.69 bits per heavy atom. The Bertz CT molecular complexity index is 1520. The third-order valence-corrected chi connectivity index (χ3v) is 7.24. The van der Waals surface area contributed by atoms with Gasteiger partial charge in [-0.2, -0.15) is 0 Å². The highest BCUT2D eigenvalue weighted by molar-refractivity contribution is 7.92. The monoisotopic (exact) mass is 508 g/mol. The molecule has 1 saturated carbocycles. The zero-order valence-corrected chi connectivity index (χ0v) is 20.3. The summed E-state index contributed by atoms with van der Waals surface area (Å²) in [6.45, 7) is 0. The minimum Gasteiger partial charge on any atom is -0.393 e. The summed E-state index contributed by atoms with van der Waals surface area (Å²) in [5.74, 6) is -0.116. The van der Waals surface area contributed by atoms with E-state index in [-0.39, 0.29) is 22.8 Å². The number of rotatable bonds is 4. The molecule has 4 aromatic rings. The van der Waals surface area contributed by atoms with Crippen LogP contribution in [0.1, 0.15) is 32.1 Å². The van der Waals surface area contributed by atoms with Crippen molar-refractivity contribution < 1.29 is 13.5 Å². The molecule has 0 unspecified atom stereocenters. The van der Waals surface area contributed by atoms with E-state index < -0.39 is 15.6 Å². The SMILES string of the molecule is Nc1nc2ccc(-c3cnc(N)c(S(=O)(=O)Nc4ccccc4)c3)cc2c(=O)[nH]1.OC1CCCCC1. The van der Waals surface area contributed by atoms with Crippen molar-refractivity contribution in [3.8, 4) is 11.1 Å². The lowest BCUT2D eigenvalue weighted by molar-refractivity contribution is 0.130. The van der Waals surface area contributed by atoms with E-state index in [9.17, 15) is 13.2 Å². The molecule has 5 rings (SSSR count). The maximum absolute atomic E-state index is 12.8. The highest BCUT2D eigenvalue weighted by atomic mass is 32.2. The van der Waals surface area contributed by atoms with Gasteiger partial charge in [0.15, 0.2) is 0 Å². The first-order valence-corrected chi connectivity index (χ1v) is 13.0. The largest absolute Gasteiger partial charge is 0.393 e. The molecule has 188 valence electrons. The standard InChI is InChI=1S/C19H16N6O3S.C6H12O/c20-17-16(29(27,28)25-13-4-2-1-3-5-13)9-12(10-22-17)11-6-7-15-14(8-11)18(26)24-19(21)23-15;7-6-4-2-1-3-5-6/h1-10,25H,(H2,20,22)(H3,21,23,24,26);6-7H,1-5H2. The number of aliphatic hydroxyl groups excluding tert-OH is 1. The first kappa shape index (κ1) is 25.1. The van der Waals surface area contributed by atoms with Crippen LogP contribution in [-0.2, 0) is 10.0 Å². The summed E-state index contributed by atoms with van der Waals surface area (Å²) in [4.78, 5) is 22.5. The van der Waals surface area contributed by atoms with E-state index in [1.807, 2.05) is 0 Å². The van der Waals surface area contributed by atoms with Gasteiger partial charge in [0.2, 0.25) is 5.95 Å². The van der Waals surface area contributed by atoms with Crippen molar-refractivity contribution >= 4 is 38.4 Å². The van der Waals surface area contributed by atoms with E-state index in [1.165, 1.54) is 31.5 Å². The average Bonchev–Trinajstić information content (AvgIpc) is 2.85. The number of hydrogen-bond donors (Lipinski definition) is 5. The first-order chi connectivity index (χ1) is 17.2. The molecule has 0 radical (unpaired) electrons. The van der Waals surface area contributed by atoms with Crippen molar-refractivity contribution in [1.82, 2.24) is 15.0 Å². The van der Waals surface area contributed by atoms with E-state index in [1.54, 1.807) is 48.5 Å². The fraction of sp³-hybridized carbons (Fsp3) is 0.240. The number of nitrogen functional groups attached to an aromatic ring is 2. The molecule has 0 spiro atoms. The number of aromatic nitrogens is 3. The average molecular weight is 509 g/mol. The van der Waals surface area contributed by atoms with Crippen LogP contribution >= 0.6 is 0 Å². The summed E-state index contributed by atoms with van der Waals surface area (Å²) >= 11 is 0. The number of nitrogens with two attached hydrogens (primary N) is 2. The van der Waals surface area contributed by atoms with Gasteiger partial charge in [-0.25, -0.2) is 18.4 Å². The van der Waals surface area contributed by atoms with Crippen LogP contribution in [0.3, 0.4) is 0 Å². The van der Waals surface area contributed by atoms with Gasteiger partial charge in [0.05, 0.1) is 17.0 Å². The number of hydrogen-bond acceptors (Lipinski definition) is 8. The molecular formula is C25H28N6O4S. The lowest BCUT2D eigenvalue weighted by Crippen LogP contribution is -2.15. The lowest BCUT2D eigenvalue weighted by atomic mass is 9.98. The van der Waals surface area contributed by atoms with Crippen LogP contribution in [0.25, 0.3) is 22.0 Å². The van der Waals surface area contributed by atoms with E-state index >= 15 is 0 Å². The number of aromatic amines is 1.